The van der Waals surface area contributed by atoms with Crippen LogP contribution in [0.3, 0.4) is 0 Å². The van der Waals surface area contributed by atoms with Gasteiger partial charge in [0.1, 0.15) is 0 Å². The summed E-state index contributed by atoms with van der Waals surface area (Å²) in [4.78, 5) is 5.61. The van der Waals surface area contributed by atoms with Gasteiger partial charge in [-0.3, -0.25) is 4.72 Å². The molecule has 0 saturated heterocycles. The minimum atomic E-state index is -3.81. The van der Waals surface area contributed by atoms with E-state index in [1.165, 1.54) is 35.1 Å². The number of aromatic nitrogens is 1. The lowest BCUT2D eigenvalue weighted by Crippen LogP contribution is -2.12. The molecule has 1 heterocycles. The van der Waals surface area contributed by atoms with E-state index in [0.717, 1.165) is 29.0 Å². The van der Waals surface area contributed by atoms with Gasteiger partial charge in [0, 0.05) is 20.5 Å². The van der Waals surface area contributed by atoms with Crippen molar-refractivity contribution in [2.24, 2.45) is 0 Å². The summed E-state index contributed by atoms with van der Waals surface area (Å²) < 4.78 is 27.7. The first-order valence-corrected chi connectivity index (χ1v) is 10.5. The SMILES string of the molecule is O=S(=O)(Nc1nc2c(s1)CCc1ccccc1-2)c1cc(Cl)cc(Cl)c1. The molecule has 1 aliphatic carbocycles. The maximum Gasteiger partial charge on any atom is 0.263 e. The van der Waals surface area contributed by atoms with Crippen molar-refractivity contribution >= 4 is 49.7 Å². The highest BCUT2D eigenvalue weighted by Crippen LogP contribution is 2.38. The fraction of sp³-hybridized carbons (Fsp3) is 0.118. The van der Waals surface area contributed by atoms with Crippen LogP contribution in [0.2, 0.25) is 10.0 Å². The zero-order valence-corrected chi connectivity index (χ0v) is 15.9. The van der Waals surface area contributed by atoms with Crippen LogP contribution in [0.4, 0.5) is 5.13 Å². The van der Waals surface area contributed by atoms with Crippen molar-refractivity contribution in [1.29, 1.82) is 0 Å². The number of hydrogen-bond donors (Lipinski definition) is 1. The Morgan fingerprint density at radius 2 is 1.76 bits per heavy atom. The summed E-state index contributed by atoms with van der Waals surface area (Å²) in [6.07, 6.45) is 1.79. The summed E-state index contributed by atoms with van der Waals surface area (Å²) in [5, 5.41) is 0.873. The topological polar surface area (TPSA) is 59.1 Å². The van der Waals surface area contributed by atoms with Gasteiger partial charge in [0.05, 0.1) is 10.6 Å². The lowest BCUT2D eigenvalue weighted by Gasteiger charge is -2.13. The number of anilines is 1. The van der Waals surface area contributed by atoms with E-state index in [2.05, 4.69) is 15.8 Å². The van der Waals surface area contributed by atoms with E-state index >= 15 is 0 Å². The van der Waals surface area contributed by atoms with Gasteiger partial charge in [0.25, 0.3) is 10.0 Å². The normalized spacial score (nSPS) is 13.2. The highest BCUT2D eigenvalue weighted by Gasteiger charge is 2.23. The van der Waals surface area contributed by atoms with E-state index in [-0.39, 0.29) is 14.9 Å². The van der Waals surface area contributed by atoms with Gasteiger partial charge in [-0.05, 0) is 36.6 Å². The first kappa shape index (κ1) is 16.8. The number of halogens is 2. The van der Waals surface area contributed by atoms with Crippen LogP contribution in [-0.2, 0) is 22.9 Å². The molecule has 0 spiro atoms. The Morgan fingerprint density at radius 3 is 2.52 bits per heavy atom. The van der Waals surface area contributed by atoms with Gasteiger partial charge in [-0.2, -0.15) is 0 Å². The predicted octanol–water partition coefficient (Wildman–Crippen LogP) is 5.02. The molecule has 0 fully saturated rings. The number of thiazole rings is 1. The van der Waals surface area contributed by atoms with Crippen molar-refractivity contribution in [3.8, 4) is 11.3 Å². The quantitative estimate of drug-likeness (QED) is 0.659. The summed E-state index contributed by atoms with van der Waals surface area (Å²) in [6.45, 7) is 0. The van der Waals surface area contributed by atoms with Crippen LogP contribution < -0.4 is 4.72 Å². The van der Waals surface area contributed by atoms with Crippen LogP contribution in [0.25, 0.3) is 11.3 Å². The molecule has 2 aromatic carbocycles. The fourth-order valence-corrected chi connectivity index (χ4v) is 5.79. The zero-order chi connectivity index (χ0) is 17.6. The minimum Gasteiger partial charge on any atom is -0.255 e. The van der Waals surface area contributed by atoms with Crippen LogP contribution in [0.15, 0.2) is 47.4 Å². The van der Waals surface area contributed by atoms with E-state index in [1.807, 2.05) is 18.2 Å². The van der Waals surface area contributed by atoms with Gasteiger partial charge >= 0.3 is 0 Å². The second kappa shape index (κ2) is 6.29. The molecule has 0 unspecified atom stereocenters. The fourth-order valence-electron chi connectivity index (χ4n) is 2.85. The molecule has 0 aliphatic heterocycles. The monoisotopic (exact) mass is 410 g/mol. The standard InChI is InChI=1S/C17H12Cl2N2O2S2/c18-11-7-12(19)9-13(8-11)25(22,23)21-17-20-16-14-4-2-1-3-10(14)5-6-15(16)24-17/h1-4,7-9H,5-6H2,(H,20,21). The first-order valence-electron chi connectivity index (χ1n) is 7.49. The van der Waals surface area contributed by atoms with Gasteiger partial charge < -0.3 is 0 Å². The summed E-state index contributed by atoms with van der Waals surface area (Å²) in [5.41, 5.74) is 3.15. The molecule has 0 bridgehead atoms. The Bertz CT molecular complexity index is 1060. The lowest BCUT2D eigenvalue weighted by molar-refractivity contribution is 0.601. The average molecular weight is 411 g/mol. The van der Waals surface area contributed by atoms with Crippen molar-refractivity contribution in [1.82, 2.24) is 4.98 Å². The molecule has 0 saturated carbocycles. The number of rotatable bonds is 3. The van der Waals surface area contributed by atoms with Gasteiger partial charge in [0.2, 0.25) is 0 Å². The number of fused-ring (bicyclic) bond motifs is 3. The van der Waals surface area contributed by atoms with Crippen LogP contribution in [0.1, 0.15) is 10.4 Å². The van der Waals surface area contributed by atoms with E-state index in [9.17, 15) is 8.42 Å². The summed E-state index contributed by atoms with van der Waals surface area (Å²) >= 11 is 13.2. The summed E-state index contributed by atoms with van der Waals surface area (Å²) in [6, 6.07) is 12.3. The molecule has 0 radical (unpaired) electrons. The third-order valence-corrected chi connectivity index (χ3v) is 6.87. The molecule has 1 aromatic heterocycles. The molecule has 8 heteroatoms. The highest BCUT2D eigenvalue weighted by atomic mass is 35.5. The highest BCUT2D eigenvalue weighted by molar-refractivity contribution is 7.93. The molecule has 4 nitrogen and oxygen atoms in total. The Hall–Kier alpha value is -1.60. The molecule has 25 heavy (non-hydrogen) atoms. The summed E-state index contributed by atoms with van der Waals surface area (Å²) in [7, 11) is -3.81. The van der Waals surface area contributed by atoms with Gasteiger partial charge in [0.15, 0.2) is 5.13 Å². The van der Waals surface area contributed by atoms with Gasteiger partial charge in [-0.1, -0.05) is 47.5 Å². The third kappa shape index (κ3) is 3.27. The molecular formula is C17H12Cl2N2O2S2. The lowest BCUT2D eigenvalue weighted by atomic mass is 9.94. The minimum absolute atomic E-state index is 0.0126. The molecule has 128 valence electrons. The summed E-state index contributed by atoms with van der Waals surface area (Å²) in [5.74, 6) is 0. The Balaban J connectivity index is 1.70. The molecule has 1 N–H and O–H groups in total. The number of aryl methyl sites for hydroxylation is 2. The molecule has 3 aromatic rings. The predicted molar refractivity (Wildman–Crippen MR) is 102 cm³/mol. The van der Waals surface area contributed by atoms with Crippen molar-refractivity contribution in [3.05, 3.63) is 63.0 Å². The van der Waals surface area contributed by atoms with Gasteiger partial charge in [-0.25, -0.2) is 13.4 Å². The zero-order valence-electron chi connectivity index (χ0n) is 12.8. The largest absolute Gasteiger partial charge is 0.263 e. The number of sulfonamides is 1. The Kier molecular flexibility index (Phi) is 4.24. The molecule has 4 rings (SSSR count). The van der Waals surface area contributed by atoms with E-state index < -0.39 is 10.0 Å². The molecule has 0 amide bonds. The third-order valence-electron chi connectivity index (χ3n) is 3.96. The van der Waals surface area contributed by atoms with Crippen LogP contribution in [0, 0.1) is 0 Å². The first-order chi connectivity index (χ1) is 11.9. The number of benzene rings is 2. The van der Waals surface area contributed by atoms with Gasteiger partial charge in [-0.15, -0.1) is 11.3 Å². The maximum absolute atomic E-state index is 12.6. The molecule has 0 atom stereocenters. The Labute approximate surface area is 159 Å². The molecule has 1 aliphatic rings. The number of nitrogens with one attached hydrogen (secondary N) is 1. The van der Waals surface area contributed by atoms with Crippen molar-refractivity contribution in [2.45, 2.75) is 17.7 Å². The van der Waals surface area contributed by atoms with Crippen molar-refractivity contribution in [3.63, 3.8) is 0 Å². The van der Waals surface area contributed by atoms with Crippen LogP contribution >= 0.6 is 34.5 Å². The van der Waals surface area contributed by atoms with E-state index in [4.69, 9.17) is 23.2 Å². The number of hydrogen-bond acceptors (Lipinski definition) is 4. The average Bonchev–Trinajstić information content (AvgIpc) is 2.96. The second-order valence-corrected chi connectivity index (χ2v) is 9.30. The van der Waals surface area contributed by atoms with Crippen molar-refractivity contribution < 1.29 is 8.42 Å². The van der Waals surface area contributed by atoms with Crippen molar-refractivity contribution in [2.75, 3.05) is 4.72 Å². The van der Waals surface area contributed by atoms with Crippen LogP contribution in [-0.4, -0.2) is 13.4 Å². The van der Waals surface area contributed by atoms with Crippen LogP contribution in [0.5, 0.6) is 0 Å². The van der Waals surface area contributed by atoms with E-state index in [1.54, 1.807) is 0 Å². The Morgan fingerprint density at radius 1 is 1.04 bits per heavy atom. The second-order valence-electron chi connectivity index (χ2n) is 5.66. The molecular weight excluding hydrogens is 399 g/mol. The van der Waals surface area contributed by atoms with E-state index in [0.29, 0.717) is 5.13 Å². The number of nitrogens with zero attached hydrogens (tertiary/aromatic N) is 1. The maximum atomic E-state index is 12.6. The smallest absolute Gasteiger partial charge is 0.255 e.